The fourth-order valence-electron chi connectivity index (χ4n) is 2.56. The smallest absolute Gasteiger partial charge is 0.158 e. The van der Waals surface area contributed by atoms with Gasteiger partial charge in [0.05, 0.1) is 17.3 Å². The molecular formula is C12H19ClN4O2S. The zero-order valence-corrected chi connectivity index (χ0v) is 13.7. The third kappa shape index (κ3) is 2.69. The van der Waals surface area contributed by atoms with Gasteiger partial charge < -0.3 is 4.57 Å². The van der Waals surface area contributed by atoms with Crippen LogP contribution < -0.4 is 0 Å². The normalized spacial score (nSPS) is 14.1. The Balaban J connectivity index is 2.64. The van der Waals surface area contributed by atoms with Gasteiger partial charge in [0.1, 0.15) is 21.2 Å². The molecule has 0 spiro atoms. The average Bonchev–Trinajstić information content (AvgIpc) is 2.84. The highest BCUT2D eigenvalue weighted by molar-refractivity contribution is 7.90. The minimum atomic E-state index is -3.08. The van der Waals surface area contributed by atoms with Crippen LogP contribution in [0, 0.1) is 0 Å². The summed E-state index contributed by atoms with van der Waals surface area (Å²) < 4.78 is 26.7. The number of hydrogen-bond acceptors (Lipinski definition) is 4. The van der Waals surface area contributed by atoms with E-state index in [1.165, 1.54) is 6.26 Å². The molecule has 0 aliphatic rings. The highest BCUT2D eigenvalue weighted by Gasteiger charge is 2.23. The van der Waals surface area contributed by atoms with Crippen molar-refractivity contribution in [1.29, 1.82) is 0 Å². The van der Waals surface area contributed by atoms with E-state index in [4.69, 9.17) is 11.6 Å². The Hall–Kier alpha value is -1.08. The molecule has 8 heteroatoms. The number of aryl methyl sites for hydroxylation is 2. The number of alkyl halides is 1. The standard InChI is InChI=1S/C12H19ClN4O2S/c1-5-9-11-12(16(3)15-9)17(10(6-13)14-11)8(2)7-20(4,18)19/h8H,5-7H2,1-4H3. The molecule has 0 fully saturated rings. The average molecular weight is 319 g/mol. The van der Waals surface area contributed by atoms with Crippen molar-refractivity contribution in [2.75, 3.05) is 12.0 Å². The number of hydrogen-bond donors (Lipinski definition) is 0. The van der Waals surface area contributed by atoms with Crippen molar-refractivity contribution in [3.63, 3.8) is 0 Å². The van der Waals surface area contributed by atoms with Crippen LogP contribution in [0.2, 0.25) is 0 Å². The first-order valence-corrected chi connectivity index (χ1v) is 9.04. The lowest BCUT2D eigenvalue weighted by Crippen LogP contribution is -2.19. The molecule has 2 rings (SSSR count). The van der Waals surface area contributed by atoms with Crippen LogP contribution in [0.1, 0.15) is 31.4 Å². The Kier molecular flexibility index (Phi) is 4.11. The summed E-state index contributed by atoms with van der Waals surface area (Å²) in [6.45, 7) is 3.87. The van der Waals surface area contributed by atoms with E-state index in [1.54, 1.807) is 4.68 Å². The zero-order valence-electron chi connectivity index (χ0n) is 12.1. The Labute approximate surface area is 123 Å². The third-order valence-electron chi connectivity index (χ3n) is 3.25. The van der Waals surface area contributed by atoms with E-state index in [2.05, 4.69) is 10.1 Å². The van der Waals surface area contributed by atoms with E-state index in [-0.39, 0.29) is 17.7 Å². The predicted molar refractivity (Wildman–Crippen MR) is 79.9 cm³/mol. The number of imidazole rings is 1. The number of halogens is 1. The Bertz CT molecular complexity index is 732. The van der Waals surface area contributed by atoms with Gasteiger partial charge in [-0.15, -0.1) is 11.6 Å². The van der Waals surface area contributed by atoms with Crippen molar-refractivity contribution >= 4 is 32.6 Å². The number of aromatic nitrogens is 4. The quantitative estimate of drug-likeness (QED) is 0.786. The van der Waals surface area contributed by atoms with Crippen molar-refractivity contribution in [1.82, 2.24) is 19.3 Å². The molecule has 20 heavy (non-hydrogen) atoms. The van der Waals surface area contributed by atoms with Crippen molar-refractivity contribution in [2.45, 2.75) is 32.2 Å². The zero-order chi connectivity index (χ0) is 15.1. The maximum absolute atomic E-state index is 11.5. The summed E-state index contributed by atoms with van der Waals surface area (Å²) >= 11 is 5.96. The summed E-state index contributed by atoms with van der Waals surface area (Å²) in [4.78, 5) is 4.53. The molecule has 6 nitrogen and oxygen atoms in total. The topological polar surface area (TPSA) is 69.8 Å². The second kappa shape index (κ2) is 5.37. The second-order valence-electron chi connectivity index (χ2n) is 5.07. The van der Waals surface area contributed by atoms with Gasteiger partial charge in [0.15, 0.2) is 5.65 Å². The predicted octanol–water partition coefficient (Wildman–Crippen LogP) is 1.68. The first-order valence-electron chi connectivity index (χ1n) is 6.44. The molecule has 0 N–H and O–H groups in total. The molecule has 0 saturated heterocycles. The van der Waals surface area contributed by atoms with Gasteiger partial charge in [-0.05, 0) is 13.3 Å². The number of rotatable bonds is 5. The van der Waals surface area contributed by atoms with Gasteiger partial charge in [0, 0.05) is 19.3 Å². The molecule has 1 unspecified atom stereocenters. The largest absolute Gasteiger partial charge is 0.308 e. The van der Waals surface area contributed by atoms with Crippen LogP contribution in [0.3, 0.4) is 0 Å². The van der Waals surface area contributed by atoms with Gasteiger partial charge in [0.25, 0.3) is 0 Å². The van der Waals surface area contributed by atoms with E-state index in [9.17, 15) is 8.42 Å². The fourth-order valence-corrected chi connectivity index (χ4v) is 3.77. The summed E-state index contributed by atoms with van der Waals surface area (Å²) in [6, 6.07) is -0.233. The molecule has 1 atom stereocenters. The van der Waals surface area contributed by atoms with Crippen LogP contribution in [0.5, 0.6) is 0 Å². The molecule has 0 aliphatic carbocycles. The molecule has 2 aromatic heterocycles. The minimum Gasteiger partial charge on any atom is -0.308 e. The lowest BCUT2D eigenvalue weighted by Gasteiger charge is -2.16. The monoisotopic (exact) mass is 318 g/mol. The van der Waals surface area contributed by atoms with Crippen LogP contribution in [0.25, 0.3) is 11.2 Å². The van der Waals surface area contributed by atoms with Gasteiger partial charge in [0.2, 0.25) is 0 Å². The summed E-state index contributed by atoms with van der Waals surface area (Å²) in [7, 11) is -1.24. The van der Waals surface area contributed by atoms with Crippen molar-refractivity contribution in [3.05, 3.63) is 11.5 Å². The highest BCUT2D eigenvalue weighted by Crippen LogP contribution is 2.25. The Morgan fingerprint density at radius 2 is 2.05 bits per heavy atom. The molecule has 0 aromatic carbocycles. The van der Waals surface area contributed by atoms with E-state index < -0.39 is 9.84 Å². The van der Waals surface area contributed by atoms with Crippen LogP contribution >= 0.6 is 11.6 Å². The number of sulfone groups is 1. The van der Waals surface area contributed by atoms with Gasteiger partial charge in [-0.25, -0.2) is 13.4 Å². The van der Waals surface area contributed by atoms with E-state index in [1.807, 2.05) is 25.5 Å². The van der Waals surface area contributed by atoms with Crippen molar-refractivity contribution in [3.8, 4) is 0 Å². The lowest BCUT2D eigenvalue weighted by atomic mass is 10.3. The second-order valence-corrected chi connectivity index (χ2v) is 7.52. The van der Waals surface area contributed by atoms with Gasteiger partial charge in [-0.2, -0.15) is 5.10 Å². The van der Waals surface area contributed by atoms with E-state index >= 15 is 0 Å². The number of nitrogens with zero attached hydrogens (tertiary/aromatic N) is 4. The lowest BCUT2D eigenvalue weighted by molar-refractivity contribution is 0.551. The summed E-state index contributed by atoms with van der Waals surface area (Å²) in [5.74, 6) is 0.974. The summed E-state index contributed by atoms with van der Waals surface area (Å²) in [6.07, 6.45) is 2.01. The molecule has 0 saturated carbocycles. The van der Waals surface area contributed by atoms with Crippen molar-refractivity contribution < 1.29 is 8.42 Å². The first-order chi connectivity index (χ1) is 9.28. The SMILES string of the molecule is CCc1nn(C)c2c1nc(CCl)n2C(C)CS(C)(=O)=O. The third-order valence-corrected chi connectivity index (χ3v) is 4.58. The molecule has 112 valence electrons. The molecular weight excluding hydrogens is 300 g/mol. The Morgan fingerprint density at radius 3 is 2.55 bits per heavy atom. The Morgan fingerprint density at radius 1 is 1.40 bits per heavy atom. The minimum absolute atomic E-state index is 0.0506. The van der Waals surface area contributed by atoms with Crippen LogP contribution in [0.4, 0.5) is 0 Å². The van der Waals surface area contributed by atoms with Crippen LogP contribution in [-0.4, -0.2) is 39.8 Å². The fraction of sp³-hybridized carbons (Fsp3) is 0.667. The molecule has 0 aliphatic heterocycles. The molecule has 2 heterocycles. The maximum atomic E-state index is 11.5. The first kappa shape index (κ1) is 15.3. The van der Waals surface area contributed by atoms with Gasteiger partial charge in [-0.3, -0.25) is 4.68 Å². The van der Waals surface area contributed by atoms with E-state index in [0.29, 0.717) is 5.82 Å². The molecule has 0 bridgehead atoms. The highest BCUT2D eigenvalue weighted by atomic mass is 35.5. The summed E-state index contributed by atoms with van der Waals surface area (Å²) in [5, 5.41) is 4.42. The van der Waals surface area contributed by atoms with Crippen molar-refractivity contribution in [2.24, 2.45) is 7.05 Å². The maximum Gasteiger partial charge on any atom is 0.158 e. The molecule has 2 aromatic rings. The number of fused-ring (bicyclic) bond motifs is 1. The molecule has 0 amide bonds. The molecule has 0 radical (unpaired) electrons. The van der Waals surface area contributed by atoms with Crippen LogP contribution in [0.15, 0.2) is 0 Å². The van der Waals surface area contributed by atoms with Gasteiger partial charge in [-0.1, -0.05) is 6.92 Å². The summed E-state index contributed by atoms with van der Waals surface area (Å²) in [5.41, 5.74) is 2.54. The van der Waals surface area contributed by atoms with Crippen LogP contribution in [-0.2, 0) is 29.2 Å². The van der Waals surface area contributed by atoms with E-state index in [0.717, 1.165) is 23.3 Å². The van der Waals surface area contributed by atoms with Gasteiger partial charge >= 0.3 is 0 Å².